The molecule has 0 aliphatic carbocycles. The fraction of sp³-hybridized carbons (Fsp3) is 0.692. The Hall–Kier alpha value is -0.840. The average molecular weight is 239 g/mol. The highest BCUT2D eigenvalue weighted by atomic mass is 16.6. The summed E-state index contributed by atoms with van der Waals surface area (Å²) in [7, 11) is 0. The molecule has 1 aliphatic heterocycles. The zero-order chi connectivity index (χ0) is 12.1. The molecule has 96 valence electrons. The SMILES string of the molecule is CCNC(c1ccc(CC)o1)C1COCCO1. The van der Waals surface area contributed by atoms with Crippen molar-refractivity contribution in [2.75, 3.05) is 26.4 Å². The second-order valence-corrected chi connectivity index (χ2v) is 4.18. The van der Waals surface area contributed by atoms with Gasteiger partial charge in [-0.2, -0.15) is 0 Å². The van der Waals surface area contributed by atoms with E-state index in [0.29, 0.717) is 19.8 Å². The molecule has 1 saturated heterocycles. The van der Waals surface area contributed by atoms with Crippen LogP contribution < -0.4 is 5.32 Å². The second-order valence-electron chi connectivity index (χ2n) is 4.18. The molecule has 2 atom stereocenters. The topological polar surface area (TPSA) is 43.6 Å². The van der Waals surface area contributed by atoms with E-state index >= 15 is 0 Å². The first-order valence-electron chi connectivity index (χ1n) is 6.36. The number of nitrogens with one attached hydrogen (secondary N) is 1. The van der Waals surface area contributed by atoms with E-state index in [-0.39, 0.29) is 12.1 Å². The van der Waals surface area contributed by atoms with Crippen molar-refractivity contribution in [3.05, 3.63) is 23.7 Å². The van der Waals surface area contributed by atoms with E-state index in [1.165, 1.54) is 0 Å². The maximum Gasteiger partial charge on any atom is 0.123 e. The van der Waals surface area contributed by atoms with E-state index in [0.717, 1.165) is 24.5 Å². The molecule has 1 fully saturated rings. The third-order valence-electron chi connectivity index (χ3n) is 2.97. The van der Waals surface area contributed by atoms with Crippen molar-refractivity contribution in [1.82, 2.24) is 5.32 Å². The first-order valence-corrected chi connectivity index (χ1v) is 6.36. The van der Waals surface area contributed by atoms with Crippen LogP contribution in [0, 0.1) is 0 Å². The van der Waals surface area contributed by atoms with E-state index < -0.39 is 0 Å². The molecular weight excluding hydrogens is 218 g/mol. The first-order chi connectivity index (χ1) is 8.35. The monoisotopic (exact) mass is 239 g/mol. The molecule has 0 spiro atoms. The van der Waals surface area contributed by atoms with Crippen molar-refractivity contribution in [3.63, 3.8) is 0 Å². The van der Waals surface area contributed by atoms with Crippen molar-refractivity contribution in [1.29, 1.82) is 0 Å². The molecule has 4 heteroatoms. The molecule has 1 aromatic heterocycles. The fourth-order valence-corrected chi connectivity index (χ4v) is 2.09. The zero-order valence-corrected chi connectivity index (χ0v) is 10.6. The van der Waals surface area contributed by atoms with Crippen LogP contribution in [-0.2, 0) is 15.9 Å². The van der Waals surface area contributed by atoms with Gasteiger partial charge in [-0.1, -0.05) is 13.8 Å². The third-order valence-corrected chi connectivity index (χ3v) is 2.97. The van der Waals surface area contributed by atoms with Gasteiger partial charge in [-0.3, -0.25) is 0 Å². The number of likely N-dealkylation sites (N-methyl/N-ethyl adjacent to an activating group) is 1. The van der Waals surface area contributed by atoms with Crippen LogP contribution in [0.1, 0.15) is 31.4 Å². The molecule has 17 heavy (non-hydrogen) atoms. The Balaban J connectivity index is 2.09. The smallest absolute Gasteiger partial charge is 0.123 e. The Kier molecular flexibility index (Phi) is 4.59. The maximum atomic E-state index is 5.80. The number of aryl methyl sites for hydroxylation is 1. The highest BCUT2D eigenvalue weighted by Crippen LogP contribution is 2.23. The van der Waals surface area contributed by atoms with Crippen molar-refractivity contribution in [2.24, 2.45) is 0 Å². The summed E-state index contributed by atoms with van der Waals surface area (Å²) in [5.41, 5.74) is 0. The van der Waals surface area contributed by atoms with E-state index in [2.05, 4.69) is 19.2 Å². The summed E-state index contributed by atoms with van der Waals surface area (Å²) < 4.78 is 17.0. The van der Waals surface area contributed by atoms with Gasteiger partial charge in [0.25, 0.3) is 0 Å². The highest BCUT2D eigenvalue weighted by molar-refractivity contribution is 5.12. The number of furan rings is 1. The molecule has 2 heterocycles. The van der Waals surface area contributed by atoms with Gasteiger partial charge in [-0.25, -0.2) is 0 Å². The van der Waals surface area contributed by atoms with Crippen LogP contribution in [0.25, 0.3) is 0 Å². The lowest BCUT2D eigenvalue weighted by molar-refractivity contribution is -0.104. The molecule has 1 aromatic rings. The largest absolute Gasteiger partial charge is 0.464 e. The summed E-state index contributed by atoms with van der Waals surface area (Å²) in [6.07, 6.45) is 0.959. The summed E-state index contributed by atoms with van der Waals surface area (Å²) >= 11 is 0. The van der Waals surface area contributed by atoms with Crippen LogP contribution in [0.5, 0.6) is 0 Å². The summed E-state index contributed by atoms with van der Waals surface area (Å²) in [5.74, 6) is 1.96. The quantitative estimate of drug-likeness (QED) is 0.852. The van der Waals surface area contributed by atoms with Crippen molar-refractivity contribution >= 4 is 0 Å². The van der Waals surface area contributed by atoms with Gasteiger partial charge in [-0.15, -0.1) is 0 Å². The van der Waals surface area contributed by atoms with Gasteiger partial charge in [0.05, 0.1) is 25.9 Å². The average Bonchev–Trinajstić information content (AvgIpc) is 2.85. The van der Waals surface area contributed by atoms with Crippen LogP contribution in [0.4, 0.5) is 0 Å². The van der Waals surface area contributed by atoms with Gasteiger partial charge in [-0.05, 0) is 18.7 Å². The maximum absolute atomic E-state index is 5.80. The zero-order valence-electron chi connectivity index (χ0n) is 10.6. The minimum atomic E-state index is 0.0413. The van der Waals surface area contributed by atoms with Crippen molar-refractivity contribution in [3.8, 4) is 0 Å². The van der Waals surface area contributed by atoms with Gasteiger partial charge in [0, 0.05) is 6.42 Å². The Labute approximate surface area is 102 Å². The Morgan fingerprint density at radius 2 is 2.24 bits per heavy atom. The van der Waals surface area contributed by atoms with Gasteiger partial charge < -0.3 is 19.2 Å². The number of rotatable bonds is 5. The lowest BCUT2D eigenvalue weighted by Crippen LogP contribution is -2.40. The Bertz CT molecular complexity index is 331. The van der Waals surface area contributed by atoms with Crippen LogP contribution in [0.3, 0.4) is 0 Å². The molecule has 0 aromatic carbocycles. The lowest BCUT2D eigenvalue weighted by atomic mass is 10.1. The van der Waals surface area contributed by atoms with Gasteiger partial charge in [0.1, 0.15) is 17.6 Å². The fourth-order valence-electron chi connectivity index (χ4n) is 2.09. The molecule has 4 nitrogen and oxygen atoms in total. The van der Waals surface area contributed by atoms with Crippen molar-refractivity contribution < 1.29 is 13.9 Å². The minimum absolute atomic E-state index is 0.0413. The van der Waals surface area contributed by atoms with E-state index in [1.807, 2.05) is 12.1 Å². The molecule has 1 N–H and O–H groups in total. The second kappa shape index (κ2) is 6.19. The highest BCUT2D eigenvalue weighted by Gasteiger charge is 2.28. The lowest BCUT2D eigenvalue weighted by Gasteiger charge is -2.29. The van der Waals surface area contributed by atoms with Crippen LogP contribution >= 0.6 is 0 Å². The first kappa shape index (κ1) is 12.6. The van der Waals surface area contributed by atoms with Crippen LogP contribution in [0.15, 0.2) is 16.5 Å². The predicted octanol–water partition coefficient (Wildman–Crippen LogP) is 1.91. The molecule has 2 unspecified atom stereocenters. The number of hydrogen-bond donors (Lipinski definition) is 1. The standard InChI is InChI=1S/C13H21NO3/c1-3-10-5-6-11(17-10)13(14-4-2)12-9-15-7-8-16-12/h5-6,12-14H,3-4,7-9H2,1-2H3. The van der Waals surface area contributed by atoms with Gasteiger partial charge in [0.15, 0.2) is 0 Å². The minimum Gasteiger partial charge on any atom is -0.464 e. The number of hydrogen-bond acceptors (Lipinski definition) is 4. The van der Waals surface area contributed by atoms with E-state index in [9.17, 15) is 0 Å². The van der Waals surface area contributed by atoms with Gasteiger partial charge in [0.2, 0.25) is 0 Å². The predicted molar refractivity (Wildman–Crippen MR) is 65.1 cm³/mol. The molecule has 0 radical (unpaired) electrons. The molecule has 1 aliphatic rings. The molecular formula is C13H21NO3. The van der Waals surface area contributed by atoms with Gasteiger partial charge >= 0.3 is 0 Å². The summed E-state index contributed by atoms with van der Waals surface area (Å²) in [4.78, 5) is 0. The molecule has 0 bridgehead atoms. The van der Waals surface area contributed by atoms with Crippen molar-refractivity contribution in [2.45, 2.75) is 32.4 Å². The summed E-state index contributed by atoms with van der Waals surface area (Å²) in [5, 5.41) is 3.41. The summed E-state index contributed by atoms with van der Waals surface area (Å²) in [6.45, 7) is 7.03. The third kappa shape index (κ3) is 3.09. The Morgan fingerprint density at radius 1 is 1.35 bits per heavy atom. The van der Waals surface area contributed by atoms with Crippen LogP contribution in [-0.4, -0.2) is 32.5 Å². The number of ether oxygens (including phenoxy) is 2. The van der Waals surface area contributed by atoms with E-state index in [4.69, 9.17) is 13.9 Å². The molecule has 0 saturated carbocycles. The molecule has 0 amide bonds. The normalized spacial score (nSPS) is 22.6. The van der Waals surface area contributed by atoms with E-state index in [1.54, 1.807) is 0 Å². The van der Waals surface area contributed by atoms with Crippen LogP contribution in [0.2, 0.25) is 0 Å². The molecule has 2 rings (SSSR count). The summed E-state index contributed by atoms with van der Waals surface area (Å²) in [6, 6.07) is 4.15. The Morgan fingerprint density at radius 3 is 2.82 bits per heavy atom.